The Morgan fingerprint density at radius 1 is 1.00 bits per heavy atom. The largest absolute Gasteiger partial charge is 0.385 e. The van der Waals surface area contributed by atoms with Crippen LogP contribution in [-0.2, 0) is 19.4 Å². The van der Waals surface area contributed by atoms with Crippen molar-refractivity contribution in [2.45, 2.75) is 51.2 Å². The van der Waals surface area contributed by atoms with E-state index >= 15 is 0 Å². The molecule has 0 aliphatic heterocycles. The van der Waals surface area contributed by atoms with E-state index in [1.165, 1.54) is 30.5 Å². The van der Waals surface area contributed by atoms with E-state index in [2.05, 4.69) is 73.9 Å². The minimum atomic E-state index is -0.673. The number of aromatic nitrogens is 5. The molecule has 3 aromatic rings. The van der Waals surface area contributed by atoms with Gasteiger partial charge in [-0.1, -0.05) is 42.0 Å². The van der Waals surface area contributed by atoms with E-state index in [9.17, 15) is 5.11 Å². The number of rotatable bonds is 10. The maximum Gasteiger partial charge on any atom is 0.202 e. The quantitative estimate of drug-likeness (QED) is 0.556. The van der Waals surface area contributed by atoms with Crippen molar-refractivity contribution in [2.24, 2.45) is 0 Å². The summed E-state index contributed by atoms with van der Waals surface area (Å²) in [5.74, 6) is 0.360. The van der Waals surface area contributed by atoms with E-state index in [-0.39, 0.29) is 0 Å². The molecule has 1 unspecified atom stereocenters. The van der Waals surface area contributed by atoms with Gasteiger partial charge >= 0.3 is 0 Å². The van der Waals surface area contributed by atoms with Crippen molar-refractivity contribution in [3.8, 4) is 0 Å². The standard InChI is InChI=1S/C19H25N5O/c25-18(19-20-22-23-21-19)13-12-17-11-7-15-24(17)14-6-2-5-10-16-8-3-1-4-9-16/h1,3-4,7-9,11,15,18,25H,2,5-6,10,12-14H2,(H,20,21,22,23). The van der Waals surface area contributed by atoms with Crippen LogP contribution in [0.2, 0.25) is 0 Å². The van der Waals surface area contributed by atoms with E-state index in [0.29, 0.717) is 12.2 Å². The minimum Gasteiger partial charge on any atom is -0.385 e. The van der Waals surface area contributed by atoms with Crippen molar-refractivity contribution in [2.75, 3.05) is 0 Å². The van der Waals surface area contributed by atoms with Gasteiger partial charge in [0.2, 0.25) is 5.82 Å². The highest BCUT2D eigenvalue weighted by molar-refractivity contribution is 5.14. The van der Waals surface area contributed by atoms with E-state index in [4.69, 9.17) is 0 Å². The highest BCUT2D eigenvalue weighted by atomic mass is 16.3. The number of tetrazole rings is 1. The highest BCUT2D eigenvalue weighted by Crippen LogP contribution is 2.16. The molecule has 2 N–H and O–H groups in total. The molecule has 0 spiro atoms. The Morgan fingerprint density at radius 2 is 1.88 bits per heavy atom. The summed E-state index contributed by atoms with van der Waals surface area (Å²) in [6.45, 7) is 1.02. The molecule has 0 saturated carbocycles. The molecule has 25 heavy (non-hydrogen) atoms. The zero-order valence-corrected chi connectivity index (χ0v) is 14.4. The maximum atomic E-state index is 10.1. The summed E-state index contributed by atoms with van der Waals surface area (Å²) in [6.07, 6.45) is 7.60. The fraction of sp³-hybridized carbons (Fsp3) is 0.421. The number of unbranched alkanes of at least 4 members (excludes halogenated alkanes) is 2. The number of aliphatic hydroxyl groups is 1. The number of aromatic amines is 1. The van der Waals surface area contributed by atoms with Crippen LogP contribution in [0.25, 0.3) is 0 Å². The zero-order valence-electron chi connectivity index (χ0n) is 14.4. The lowest BCUT2D eigenvalue weighted by atomic mass is 10.1. The lowest BCUT2D eigenvalue weighted by Gasteiger charge is -2.11. The number of hydrogen-bond acceptors (Lipinski definition) is 4. The Kier molecular flexibility index (Phi) is 6.34. The van der Waals surface area contributed by atoms with Crippen molar-refractivity contribution in [3.63, 3.8) is 0 Å². The molecule has 132 valence electrons. The number of aryl methyl sites for hydroxylation is 3. The van der Waals surface area contributed by atoms with Crippen molar-refractivity contribution >= 4 is 0 Å². The molecule has 1 aromatic carbocycles. The van der Waals surface area contributed by atoms with Crippen LogP contribution < -0.4 is 0 Å². The molecule has 3 rings (SSSR count). The molecular weight excluding hydrogens is 314 g/mol. The maximum absolute atomic E-state index is 10.1. The van der Waals surface area contributed by atoms with Gasteiger partial charge in [-0.15, -0.1) is 10.2 Å². The Bertz CT molecular complexity index is 723. The Hall–Kier alpha value is -2.47. The van der Waals surface area contributed by atoms with E-state index in [1.807, 2.05) is 0 Å². The Labute approximate surface area is 147 Å². The van der Waals surface area contributed by atoms with Gasteiger partial charge in [-0.3, -0.25) is 0 Å². The van der Waals surface area contributed by atoms with Crippen LogP contribution in [-0.4, -0.2) is 30.3 Å². The summed E-state index contributed by atoms with van der Waals surface area (Å²) in [5, 5.41) is 23.6. The average molecular weight is 339 g/mol. The van der Waals surface area contributed by atoms with Crippen LogP contribution in [0.4, 0.5) is 0 Å². The predicted molar refractivity (Wildman–Crippen MR) is 95.9 cm³/mol. The molecule has 0 radical (unpaired) electrons. The monoisotopic (exact) mass is 339 g/mol. The van der Waals surface area contributed by atoms with Crippen molar-refractivity contribution < 1.29 is 5.11 Å². The van der Waals surface area contributed by atoms with Crippen LogP contribution in [0.15, 0.2) is 48.7 Å². The van der Waals surface area contributed by atoms with Gasteiger partial charge in [-0.05, 0) is 49.8 Å². The summed E-state index contributed by atoms with van der Waals surface area (Å²) in [6, 6.07) is 14.8. The van der Waals surface area contributed by atoms with Gasteiger partial charge in [0.1, 0.15) is 6.10 Å². The van der Waals surface area contributed by atoms with Gasteiger partial charge in [0.15, 0.2) is 0 Å². The average Bonchev–Trinajstić information content (AvgIpc) is 3.32. The zero-order chi connectivity index (χ0) is 17.3. The van der Waals surface area contributed by atoms with Gasteiger partial charge in [-0.2, -0.15) is 5.21 Å². The molecule has 6 nitrogen and oxygen atoms in total. The number of benzene rings is 1. The molecule has 0 fully saturated rings. The third-order valence-electron chi connectivity index (χ3n) is 4.46. The first-order valence-electron chi connectivity index (χ1n) is 8.92. The smallest absolute Gasteiger partial charge is 0.202 e. The Morgan fingerprint density at radius 3 is 2.68 bits per heavy atom. The van der Waals surface area contributed by atoms with Crippen LogP contribution in [0.5, 0.6) is 0 Å². The summed E-state index contributed by atoms with van der Waals surface area (Å²) in [5.41, 5.74) is 2.66. The lowest BCUT2D eigenvalue weighted by Crippen LogP contribution is -2.06. The topological polar surface area (TPSA) is 79.6 Å². The van der Waals surface area contributed by atoms with Gasteiger partial charge in [0, 0.05) is 18.4 Å². The third-order valence-corrected chi connectivity index (χ3v) is 4.46. The first kappa shape index (κ1) is 17.4. The molecule has 2 heterocycles. The fourth-order valence-corrected chi connectivity index (χ4v) is 3.05. The second-order valence-corrected chi connectivity index (χ2v) is 6.31. The second kappa shape index (κ2) is 9.13. The number of hydrogen-bond donors (Lipinski definition) is 2. The Balaban J connectivity index is 1.38. The van der Waals surface area contributed by atoms with Crippen LogP contribution >= 0.6 is 0 Å². The predicted octanol–water partition coefficient (Wildman–Crippen LogP) is 3.08. The van der Waals surface area contributed by atoms with Gasteiger partial charge in [0.05, 0.1) is 0 Å². The third kappa shape index (κ3) is 5.26. The SMILES string of the molecule is OC(CCc1cccn1CCCCCc1ccccc1)c1nn[nH]n1. The molecule has 0 amide bonds. The molecule has 0 bridgehead atoms. The van der Waals surface area contributed by atoms with Gasteiger partial charge < -0.3 is 9.67 Å². The summed E-state index contributed by atoms with van der Waals surface area (Å²) in [4.78, 5) is 0. The molecule has 0 saturated heterocycles. The van der Waals surface area contributed by atoms with E-state index in [0.717, 1.165) is 19.4 Å². The second-order valence-electron chi connectivity index (χ2n) is 6.31. The minimum absolute atomic E-state index is 0.360. The van der Waals surface area contributed by atoms with Crippen LogP contribution in [0, 0.1) is 0 Å². The summed E-state index contributed by atoms with van der Waals surface area (Å²) < 4.78 is 2.28. The number of nitrogens with zero attached hydrogens (tertiary/aromatic N) is 4. The number of H-pyrrole nitrogens is 1. The first-order valence-corrected chi connectivity index (χ1v) is 8.92. The summed E-state index contributed by atoms with van der Waals surface area (Å²) >= 11 is 0. The normalized spacial score (nSPS) is 12.4. The van der Waals surface area contributed by atoms with Crippen molar-refractivity contribution in [1.82, 2.24) is 25.2 Å². The van der Waals surface area contributed by atoms with Crippen LogP contribution in [0.1, 0.15) is 48.9 Å². The van der Waals surface area contributed by atoms with Crippen LogP contribution in [0.3, 0.4) is 0 Å². The molecule has 0 aliphatic rings. The fourth-order valence-electron chi connectivity index (χ4n) is 3.05. The van der Waals surface area contributed by atoms with Crippen molar-refractivity contribution in [1.29, 1.82) is 0 Å². The van der Waals surface area contributed by atoms with Gasteiger partial charge in [0.25, 0.3) is 0 Å². The van der Waals surface area contributed by atoms with Gasteiger partial charge in [-0.25, -0.2) is 0 Å². The lowest BCUT2D eigenvalue weighted by molar-refractivity contribution is 0.157. The first-order chi connectivity index (χ1) is 12.3. The summed E-state index contributed by atoms with van der Waals surface area (Å²) in [7, 11) is 0. The molecular formula is C19H25N5O. The molecule has 1 atom stereocenters. The molecule has 6 heteroatoms. The number of aliphatic hydroxyl groups excluding tert-OH is 1. The van der Waals surface area contributed by atoms with Crippen molar-refractivity contribution in [3.05, 3.63) is 65.7 Å². The highest BCUT2D eigenvalue weighted by Gasteiger charge is 2.13. The van der Waals surface area contributed by atoms with E-state index in [1.54, 1.807) is 0 Å². The number of nitrogens with one attached hydrogen (secondary N) is 1. The molecule has 0 aliphatic carbocycles. The molecule has 2 aromatic heterocycles. The van der Waals surface area contributed by atoms with E-state index < -0.39 is 6.10 Å².